The van der Waals surface area contributed by atoms with E-state index in [0.29, 0.717) is 30.3 Å². The van der Waals surface area contributed by atoms with Gasteiger partial charge in [-0.1, -0.05) is 26.0 Å². The van der Waals surface area contributed by atoms with Crippen LogP contribution >= 0.6 is 11.8 Å². The van der Waals surface area contributed by atoms with Crippen LogP contribution in [0.15, 0.2) is 47.1 Å². The Morgan fingerprint density at radius 1 is 1.25 bits per heavy atom. The van der Waals surface area contributed by atoms with Crippen molar-refractivity contribution in [1.29, 1.82) is 5.26 Å². The van der Waals surface area contributed by atoms with E-state index in [0.717, 1.165) is 31.7 Å². The maximum Gasteiger partial charge on any atom is 0.252 e. The van der Waals surface area contributed by atoms with E-state index in [1.54, 1.807) is 20.4 Å². The predicted octanol–water partition coefficient (Wildman–Crippen LogP) is 3.29. The number of carbonyl (C=O) groups is 1. The van der Waals surface area contributed by atoms with E-state index < -0.39 is 0 Å². The van der Waals surface area contributed by atoms with Gasteiger partial charge >= 0.3 is 0 Å². The summed E-state index contributed by atoms with van der Waals surface area (Å²) in [6, 6.07) is 10.4. The Bertz CT molecular complexity index is 783. The molecule has 8 heteroatoms. The van der Waals surface area contributed by atoms with Crippen LogP contribution in [0.3, 0.4) is 0 Å². The monoisotopic (exact) mass is 459 g/mol. The molecule has 7 nitrogen and oxygen atoms in total. The fourth-order valence-electron chi connectivity index (χ4n) is 3.03. The van der Waals surface area contributed by atoms with E-state index in [1.165, 1.54) is 28.3 Å². The fraction of sp³-hybridized carbons (Fsp3) is 0.500. The average Bonchev–Trinajstić information content (AvgIpc) is 2.82. The summed E-state index contributed by atoms with van der Waals surface area (Å²) < 4.78 is 5.00. The van der Waals surface area contributed by atoms with E-state index in [1.807, 2.05) is 18.4 Å². The molecule has 1 aromatic carbocycles. The second-order valence-electron chi connectivity index (χ2n) is 7.12. The summed E-state index contributed by atoms with van der Waals surface area (Å²) in [6.45, 7) is 9.14. The molecule has 0 unspecified atom stereocenters. The molecule has 0 spiro atoms. The third-order valence-corrected chi connectivity index (χ3v) is 5.95. The van der Waals surface area contributed by atoms with E-state index in [-0.39, 0.29) is 5.91 Å². The van der Waals surface area contributed by atoms with Crippen molar-refractivity contribution in [2.45, 2.75) is 20.3 Å². The van der Waals surface area contributed by atoms with Gasteiger partial charge in [-0.2, -0.15) is 5.26 Å². The number of nitrogens with zero attached hydrogens (tertiary/aromatic N) is 3. The largest absolute Gasteiger partial charge is 0.383 e. The number of methoxy groups -OCH3 is 1. The Morgan fingerprint density at radius 2 is 1.94 bits per heavy atom. The first-order valence-electron chi connectivity index (χ1n) is 10.9. The molecule has 0 saturated carbocycles. The van der Waals surface area contributed by atoms with Crippen molar-refractivity contribution in [2.75, 3.05) is 65.1 Å². The molecule has 176 valence electrons. The van der Waals surface area contributed by atoms with Gasteiger partial charge in [0.1, 0.15) is 0 Å². The molecule has 0 aliphatic heterocycles. The average molecular weight is 460 g/mol. The highest BCUT2D eigenvalue weighted by molar-refractivity contribution is 8.02. The summed E-state index contributed by atoms with van der Waals surface area (Å²) in [5.41, 5.74) is 2.73. The molecular formula is C24H37N5O2S. The zero-order chi connectivity index (χ0) is 23.8. The van der Waals surface area contributed by atoms with E-state index >= 15 is 0 Å². The van der Waals surface area contributed by atoms with Gasteiger partial charge in [-0.15, -0.1) is 11.8 Å². The molecule has 0 fully saturated rings. The van der Waals surface area contributed by atoms with Crippen molar-refractivity contribution in [3.05, 3.63) is 52.7 Å². The molecule has 2 N–H and O–H groups in total. The number of nitrogens with one attached hydrogen (secondary N) is 2. The lowest BCUT2D eigenvalue weighted by Crippen LogP contribution is -2.27. The second-order valence-corrected chi connectivity index (χ2v) is 7.91. The van der Waals surface area contributed by atoms with Crippen LogP contribution in [0.1, 0.15) is 19.4 Å². The standard InChI is InChI=1S/C24H37N5O2S/c1-6-29(7-2)16-13-20-8-10-22(11-9-20)27-14-12-23(30)28(3)24(32-5)21(18-25)19-26-15-17-31-4/h8-12,14,26-27H,6-7,13,15-17,19H2,1-5H3/b14-12-,24-21-. The Morgan fingerprint density at radius 3 is 2.50 bits per heavy atom. The number of amides is 1. The summed E-state index contributed by atoms with van der Waals surface area (Å²) >= 11 is 1.38. The molecule has 0 heterocycles. The van der Waals surface area contributed by atoms with Crippen LogP contribution < -0.4 is 10.6 Å². The minimum atomic E-state index is -0.206. The fourth-order valence-corrected chi connectivity index (χ4v) is 3.76. The maximum absolute atomic E-state index is 12.6. The van der Waals surface area contributed by atoms with Crippen LogP contribution in [0.2, 0.25) is 0 Å². The topological polar surface area (TPSA) is 80.6 Å². The number of carbonyl (C=O) groups excluding carboxylic acids is 1. The summed E-state index contributed by atoms with van der Waals surface area (Å²) in [5.74, 6) is -0.206. The molecule has 1 amide bonds. The minimum Gasteiger partial charge on any atom is -0.383 e. The highest BCUT2D eigenvalue weighted by Gasteiger charge is 2.15. The molecule has 1 aromatic rings. The molecule has 0 radical (unpaired) electrons. The number of hydrogen-bond acceptors (Lipinski definition) is 7. The number of nitriles is 1. The van der Waals surface area contributed by atoms with Gasteiger partial charge in [-0.05, 0) is 43.5 Å². The van der Waals surface area contributed by atoms with E-state index in [2.05, 4.69) is 47.6 Å². The number of anilines is 1. The van der Waals surface area contributed by atoms with Crippen LogP contribution in [0.5, 0.6) is 0 Å². The first-order valence-corrected chi connectivity index (χ1v) is 12.1. The van der Waals surface area contributed by atoms with Gasteiger partial charge in [0.05, 0.1) is 23.3 Å². The normalized spacial score (nSPS) is 12.0. The Hall–Kier alpha value is -2.31. The Kier molecular flexibility index (Phi) is 14.2. The third-order valence-electron chi connectivity index (χ3n) is 5.05. The molecule has 32 heavy (non-hydrogen) atoms. The smallest absolute Gasteiger partial charge is 0.252 e. The summed E-state index contributed by atoms with van der Waals surface area (Å²) in [5, 5.41) is 16.4. The van der Waals surface area contributed by atoms with Crippen LogP contribution in [-0.2, 0) is 16.0 Å². The highest BCUT2D eigenvalue weighted by Crippen LogP contribution is 2.20. The van der Waals surface area contributed by atoms with Crippen molar-refractivity contribution >= 4 is 23.4 Å². The molecule has 0 saturated heterocycles. The van der Waals surface area contributed by atoms with Crippen molar-refractivity contribution in [3.8, 4) is 6.07 Å². The van der Waals surface area contributed by atoms with Gasteiger partial charge in [0.25, 0.3) is 5.91 Å². The van der Waals surface area contributed by atoms with Gasteiger partial charge in [0, 0.05) is 51.8 Å². The molecule has 1 rings (SSSR count). The van der Waals surface area contributed by atoms with Gasteiger partial charge in [-0.25, -0.2) is 0 Å². The molecular weight excluding hydrogens is 422 g/mol. The first kappa shape index (κ1) is 27.7. The maximum atomic E-state index is 12.6. The molecule has 0 aromatic heterocycles. The van der Waals surface area contributed by atoms with Gasteiger partial charge in [-0.3, -0.25) is 4.79 Å². The molecule has 0 bridgehead atoms. The third kappa shape index (κ3) is 9.88. The summed E-state index contributed by atoms with van der Waals surface area (Å²) in [6.07, 6.45) is 5.98. The Labute approximate surface area is 197 Å². The lowest BCUT2D eigenvalue weighted by molar-refractivity contribution is -0.122. The van der Waals surface area contributed by atoms with Crippen LogP contribution in [-0.4, -0.2) is 75.5 Å². The predicted molar refractivity (Wildman–Crippen MR) is 134 cm³/mol. The lowest BCUT2D eigenvalue weighted by Gasteiger charge is -2.19. The zero-order valence-electron chi connectivity index (χ0n) is 20.0. The Balaban J connectivity index is 2.65. The highest BCUT2D eigenvalue weighted by atomic mass is 32.2. The molecule has 0 aliphatic carbocycles. The number of ether oxygens (including phenoxy) is 1. The summed E-state index contributed by atoms with van der Waals surface area (Å²) in [7, 11) is 3.31. The van der Waals surface area contributed by atoms with E-state index in [4.69, 9.17) is 4.74 Å². The summed E-state index contributed by atoms with van der Waals surface area (Å²) in [4.78, 5) is 16.5. The quantitative estimate of drug-likeness (QED) is 0.237. The minimum absolute atomic E-state index is 0.206. The van der Waals surface area contributed by atoms with Crippen LogP contribution in [0.4, 0.5) is 5.69 Å². The van der Waals surface area contributed by atoms with E-state index in [9.17, 15) is 10.1 Å². The lowest BCUT2D eigenvalue weighted by atomic mass is 10.1. The van der Waals surface area contributed by atoms with Crippen LogP contribution in [0.25, 0.3) is 0 Å². The van der Waals surface area contributed by atoms with Gasteiger partial charge < -0.3 is 25.2 Å². The first-order chi connectivity index (χ1) is 15.5. The van der Waals surface area contributed by atoms with Gasteiger partial charge in [0.15, 0.2) is 0 Å². The number of rotatable bonds is 15. The number of benzene rings is 1. The number of likely N-dealkylation sites (N-methyl/N-ethyl adjacent to an activating group) is 2. The van der Waals surface area contributed by atoms with Gasteiger partial charge in [0.2, 0.25) is 0 Å². The second kappa shape index (κ2) is 16.3. The number of hydrogen-bond donors (Lipinski definition) is 2. The SMILES string of the molecule is CCN(CC)CCc1ccc(N/C=C\C(=O)N(C)/C(SC)=C(\C#N)CNCCOC)cc1. The van der Waals surface area contributed by atoms with Crippen molar-refractivity contribution < 1.29 is 9.53 Å². The zero-order valence-corrected chi connectivity index (χ0v) is 20.8. The number of thioether (sulfide) groups is 1. The molecule has 0 aliphatic rings. The van der Waals surface area contributed by atoms with Crippen molar-refractivity contribution in [3.63, 3.8) is 0 Å². The van der Waals surface area contributed by atoms with Crippen LogP contribution in [0, 0.1) is 11.3 Å². The van der Waals surface area contributed by atoms with Crippen molar-refractivity contribution in [2.24, 2.45) is 0 Å². The molecule has 0 atom stereocenters. The van der Waals surface area contributed by atoms with Crippen molar-refractivity contribution in [1.82, 2.24) is 15.1 Å².